The molecule has 0 atom stereocenters. The van der Waals surface area contributed by atoms with Crippen LogP contribution in [0.5, 0.6) is 0 Å². The third-order valence-corrected chi connectivity index (χ3v) is 6.02. The number of aromatic amines is 1. The van der Waals surface area contributed by atoms with Crippen LogP contribution in [-0.4, -0.2) is 37.3 Å². The van der Waals surface area contributed by atoms with Gasteiger partial charge in [0.25, 0.3) is 15.7 Å². The molecule has 0 radical (unpaired) electrons. The zero-order valence-electron chi connectivity index (χ0n) is 17.4. The van der Waals surface area contributed by atoms with Crippen molar-refractivity contribution in [2.45, 2.75) is 11.8 Å². The van der Waals surface area contributed by atoms with E-state index in [1.165, 1.54) is 28.9 Å². The fourth-order valence-electron chi connectivity index (χ4n) is 3.59. The highest BCUT2D eigenvalue weighted by atomic mass is 32.2. The van der Waals surface area contributed by atoms with Crippen molar-refractivity contribution in [3.63, 3.8) is 0 Å². The summed E-state index contributed by atoms with van der Waals surface area (Å²) in [6.07, 6.45) is 1.20. The minimum Gasteiger partial charge on any atom is -0.304 e. The molecule has 168 valence electrons. The van der Waals surface area contributed by atoms with Gasteiger partial charge in [0.1, 0.15) is 16.5 Å². The van der Waals surface area contributed by atoms with Crippen LogP contribution in [0.25, 0.3) is 22.2 Å². The highest BCUT2D eigenvalue weighted by Gasteiger charge is 2.21. The van der Waals surface area contributed by atoms with E-state index in [2.05, 4.69) is 25.4 Å². The summed E-state index contributed by atoms with van der Waals surface area (Å²) in [6, 6.07) is 14.5. The number of azo groups is 1. The number of para-hydroxylation sites is 2. The van der Waals surface area contributed by atoms with Crippen molar-refractivity contribution < 1.29 is 13.0 Å². The molecule has 34 heavy (non-hydrogen) atoms. The van der Waals surface area contributed by atoms with Gasteiger partial charge in [0.2, 0.25) is 0 Å². The van der Waals surface area contributed by atoms with E-state index in [-0.39, 0.29) is 28.3 Å². The van der Waals surface area contributed by atoms with Crippen LogP contribution in [0.2, 0.25) is 0 Å². The monoisotopic (exact) mass is 474 g/mol. The zero-order chi connectivity index (χ0) is 24.0. The average molecular weight is 474 g/mol. The fourth-order valence-corrected chi connectivity index (χ4v) is 4.26. The van der Waals surface area contributed by atoms with Crippen molar-refractivity contribution in [2.75, 3.05) is 0 Å². The van der Waals surface area contributed by atoms with Crippen LogP contribution < -0.4 is 5.56 Å². The summed E-state index contributed by atoms with van der Waals surface area (Å²) in [7, 11) is -4.58. The second kappa shape index (κ2) is 7.73. The molecule has 0 aliphatic rings. The van der Waals surface area contributed by atoms with E-state index >= 15 is 0 Å². The molecule has 0 saturated heterocycles. The van der Waals surface area contributed by atoms with E-state index in [1.54, 1.807) is 37.3 Å². The quantitative estimate of drug-likeness (QED) is 0.297. The zero-order valence-corrected chi connectivity index (χ0v) is 18.2. The number of nitrogens with one attached hydrogen (secondary N) is 1. The Morgan fingerprint density at radius 2 is 1.85 bits per heavy atom. The molecule has 3 heterocycles. The Hall–Kier alpha value is -4.67. The molecule has 3 aromatic heterocycles. The van der Waals surface area contributed by atoms with Crippen LogP contribution >= 0.6 is 0 Å². The maximum Gasteiger partial charge on any atom is 0.296 e. The summed E-state index contributed by atoms with van der Waals surface area (Å²) in [5.74, 6) is -0.0690. The van der Waals surface area contributed by atoms with E-state index in [9.17, 15) is 23.0 Å². The van der Waals surface area contributed by atoms with E-state index in [0.717, 1.165) is 4.68 Å². The smallest absolute Gasteiger partial charge is 0.296 e. The van der Waals surface area contributed by atoms with Crippen molar-refractivity contribution in [3.8, 4) is 11.8 Å². The summed E-state index contributed by atoms with van der Waals surface area (Å²) in [4.78, 5) is 14.9. The number of benzene rings is 2. The molecule has 0 aliphatic heterocycles. The van der Waals surface area contributed by atoms with E-state index in [4.69, 9.17) is 0 Å². The molecule has 0 amide bonds. The number of H-pyrrole nitrogens is 1. The van der Waals surface area contributed by atoms with Crippen LogP contribution in [0.4, 0.5) is 11.5 Å². The largest absolute Gasteiger partial charge is 0.304 e. The minimum atomic E-state index is -4.58. The standard InChI is InChI=1S/C21H14N8O4S/c1-12-18(20-24-21(30)14-6-2-3-7-15(14)29(20)27-12)25-26-19-13(10-22)11-23-28(19)16-8-4-5-9-17(16)34(31,32)33/h2-9,11H,1H3,(H,24,30)(H,31,32,33). The molecular formula is C21H14N8O4S. The maximum absolute atomic E-state index is 12.6. The molecule has 0 aliphatic carbocycles. The van der Waals surface area contributed by atoms with Crippen molar-refractivity contribution in [1.29, 1.82) is 5.26 Å². The van der Waals surface area contributed by atoms with Gasteiger partial charge in [-0.25, -0.2) is 9.20 Å². The Morgan fingerprint density at radius 1 is 1.12 bits per heavy atom. The summed E-state index contributed by atoms with van der Waals surface area (Å²) in [5, 5.41) is 26.8. The minimum absolute atomic E-state index is 0.0157. The van der Waals surface area contributed by atoms with E-state index in [1.807, 2.05) is 6.07 Å². The second-order valence-electron chi connectivity index (χ2n) is 7.21. The molecule has 2 aromatic carbocycles. The third kappa shape index (κ3) is 3.34. The molecule has 0 fully saturated rings. The predicted octanol–water partition coefficient (Wildman–Crippen LogP) is 3.20. The molecule has 5 aromatic rings. The summed E-state index contributed by atoms with van der Waals surface area (Å²) in [6.45, 7) is 1.69. The first-order chi connectivity index (χ1) is 16.3. The fraction of sp³-hybridized carbons (Fsp3) is 0.0476. The highest BCUT2D eigenvalue weighted by molar-refractivity contribution is 7.86. The van der Waals surface area contributed by atoms with Gasteiger partial charge in [0.05, 0.1) is 28.5 Å². The average Bonchev–Trinajstić information content (AvgIpc) is 3.37. The van der Waals surface area contributed by atoms with Crippen LogP contribution in [0.1, 0.15) is 11.3 Å². The van der Waals surface area contributed by atoms with Crippen LogP contribution in [0.15, 0.2) is 74.6 Å². The number of nitriles is 1. The topological polar surface area (TPSA) is 171 Å². The number of rotatable bonds is 4. The SMILES string of the molecule is Cc1nn2c([nH]c(=O)c3ccccc32)c1N=Nc1c(C#N)cnn1-c1ccccc1S(=O)(=O)O. The molecule has 2 N–H and O–H groups in total. The first-order valence-electron chi connectivity index (χ1n) is 9.76. The molecule has 0 unspecified atom stereocenters. The Balaban J connectivity index is 1.71. The highest BCUT2D eigenvalue weighted by Crippen LogP contribution is 2.31. The molecule has 5 rings (SSSR count). The number of hydrogen-bond acceptors (Lipinski definition) is 8. The lowest BCUT2D eigenvalue weighted by Gasteiger charge is -2.08. The maximum atomic E-state index is 12.6. The number of hydrogen-bond donors (Lipinski definition) is 2. The summed E-state index contributed by atoms with van der Waals surface area (Å²) < 4.78 is 35.9. The lowest BCUT2D eigenvalue weighted by Crippen LogP contribution is -2.09. The lowest BCUT2D eigenvalue weighted by atomic mass is 10.2. The van der Waals surface area contributed by atoms with Crippen molar-refractivity contribution in [1.82, 2.24) is 24.4 Å². The van der Waals surface area contributed by atoms with Gasteiger partial charge < -0.3 is 4.98 Å². The molecule has 0 spiro atoms. The van der Waals surface area contributed by atoms with Gasteiger partial charge in [0, 0.05) is 0 Å². The Kier molecular flexibility index (Phi) is 4.82. The van der Waals surface area contributed by atoms with Gasteiger partial charge in [-0.3, -0.25) is 9.35 Å². The normalized spacial score (nSPS) is 12.0. The predicted molar refractivity (Wildman–Crippen MR) is 120 cm³/mol. The first-order valence-corrected chi connectivity index (χ1v) is 11.2. The summed E-state index contributed by atoms with van der Waals surface area (Å²) in [5.41, 5.74) is 1.26. The number of aryl methyl sites for hydroxylation is 1. The van der Waals surface area contributed by atoms with E-state index < -0.39 is 15.0 Å². The Bertz CT molecular complexity index is 1840. The van der Waals surface area contributed by atoms with Crippen molar-refractivity contribution in [2.24, 2.45) is 10.2 Å². The molecular weight excluding hydrogens is 460 g/mol. The first kappa shape index (κ1) is 21.2. The van der Waals surface area contributed by atoms with Gasteiger partial charge in [-0.15, -0.1) is 10.2 Å². The number of nitrogens with zero attached hydrogens (tertiary/aromatic N) is 7. The van der Waals surface area contributed by atoms with Gasteiger partial charge in [0.15, 0.2) is 17.2 Å². The van der Waals surface area contributed by atoms with Crippen LogP contribution in [0, 0.1) is 18.3 Å². The number of fused-ring (bicyclic) bond motifs is 3. The lowest BCUT2D eigenvalue weighted by molar-refractivity contribution is 0.482. The molecule has 0 saturated carbocycles. The van der Waals surface area contributed by atoms with Gasteiger partial charge in [-0.05, 0) is 31.2 Å². The van der Waals surface area contributed by atoms with Crippen molar-refractivity contribution >= 4 is 38.2 Å². The Morgan fingerprint density at radius 3 is 2.62 bits per heavy atom. The molecule has 13 heteroatoms. The van der Waals surface area contributed by atoms with Gasteiger partial charge in [-0.2, -0.15) is 23.9 Å². The van der Waals surface area contributed by atoms with Crippen LogP contribution in [0.3, 0.4) is 0 Å². The third-order valence-electron chi connectivity index (χ3n) is 5.12. The van der Waals surface area contributed by atoms with Crippen LogP contribution in [-0.2, 0) is 10.1 Å². The number of aromatic nitrogens is 5. The summed E-state index contributed by atoms with van der Waals surface area (Å²) >= 11 is 0. The van der Waals surface area contributed by atoms with E-state index in [0.29, 0.717) is 22.2 Å². The Labute approximate surface area is 191 Å². The van der Waals surface area contributed by atoms with Gasteiger partial charge in [-0.1, -0.05) is 24.3 Å². The van der Waals surface area contributed by atoms with Crippen molar-refractivity contribution in [3.05, 3.63) is 76.3 Å². The second-order valence-corrected chi connectivity index (χ2v) is 8.60. The molecule has 12 nitrogen and oxygen atoms in total. The molecule has 0 bridgehead atoms. The van der Waals surface area contributed by atoms with Gasteiger partial charge >= 0.3 is 0 Å².